The van der Waals surface area contributed by atoms with Gasteiger partial charge >= 0.3 is 0 Å². The predicted octanol–water partition coefficient (Wildman–Crippen LogP) is 4.73. The highest BCUT2D eigenvalue weighted by molar-refractivity contribution is 5.93. The van der Waals surface area contributed by atoms with Crippen LogP contribution in [0.15, 0.2) is 78.9 Å². The molecule has 3 aromatic carbocycles. The number of hydrogen-bond acceptors (Lipinski definition) is 1. The second kappa shape index (κ2) is 6.93. The number of carbonyl (C=O) groups is 1. The number of carbonyl (C=O) groups excluding carboxylic acids is 1. The lowest BCUT2D eigenvalue weighted by Gasteiger charge is -2.15. The molecule has 2 heteroatoms. The molecule has 0 radical (unpaired) electrons. The number of nitrogens with one attached hydrogen (secondary N) is 1. The van der Waals surface area contributed by atoms with Gasteiger partial charge in [0.1, 0.15) is 0 Å². The van der Waals surface area contributed by atoms with Crippen molar-refractivity contribution in [1.29, 1.82) is 0 Å². The van der Waals surface area contributed by atoms with E-state index in [4.69, 9.17) is 0 Å². The van der Waals surface area contributed by atoms with Crippen molar-refractivity contribution in [2.45, 2.75) is 13.0 Å². The quantitative estimate of drug-likeness (QED) is 0.693. The SMILES string of the molecule is C[C@H](NC(=O)/C=C/c1ccccc1)c1cccc2ccccc12. The van der Waals surface area contributed by atoms with E-state index >= 15 is 0 Å². The summed E-state index contributed by atoms with van der Waals surface area (Å²) in [6.45, 7) is 2.01. The van der Waals surface area contributed by atoms with Crippen LogP contribution in [0, 0.1) is 0 Å². The Morgan fingerprint density at radius 2 is 1.61 bits per heavy atom. The number of hydrogen-bond donors (Lipinski definition) is 1. The maximum atomic E-state index is 12.1. The largest absolute Gasteiger partial charge is 0.346 e. The Bertz CT molecular complexity index is 831. The highest BCUT2D eigenvalue weighted by Crippen LogP contribution is 2.23. The first-order valence-corrected chi connectivity index (χ1v) is 7.75. The van der Waals surface area contributed by atoms with Gasteiger partial charge in [0, 0.05) is 6.08 Å². The molecule has 2 nitrogen and oxygen atoms in total. The Morgan fingerprint density at radius 1 is 0.913 bits per heavy atom. The van der Waals surface area contributed by atoms with Crippen LogP contribution in [0.5, 0.6) is 0 Å². The molecule has 0 aliphatic rings. The maximum absolute atomic E-state index is 12.1. The molecule has 1 amide bonds. The average molecular weight is 301 g/mol. The smallest absolute Gasteiger partial charge is 0.244 e. The molecule has 0 spiro atoms. The zero-order chi connectivity index (χ0) is 16.1. The van der Waals surface area contributed by atoms with E-state index in [1.807, 2.05) is 61.5 Å². The van der Waals surface area contributed by atoms with E-state index in [1.54, 1.807) is 6.08 Å². The highest BCUT2D eigenvalue weighted by Gasteiger charge is 2.10. The molecule has 0 aliphatic heterocycles. The Labute approximate surface area is 136 Å². The number of benzene rings is 3. The Hall–Kier alpha value is -2.87. The van der Waals surface area contributed by atoms with Gasteiger partial charge in [0.25, 0.3) is 0 Å². The molecule has 0 bridgehead atoms. The summed E-state index contributed by atoms with van der Waals surface area (Å²) >= 11 is 0. The fourth-order valence-electron chi connectivity index (χ4n) is 2.70. The lowest BCUT2D eigenvalue weighted by atomic mass is 10.00. The third-order valence-electron chi connectivity index (χ3n) is 3.88. The van der Waals surface area contributed by atoms with Gasteiger partial charge in [-0.3, -0.25) is 4.79 Å². The lowest BCUT2D eigenvalue weighted by molar-refractivity contribution is -0.117. The molecule has 23 heavy (non-hydrogen) atoms. The minimum atomic E-state index is -0.0886. The second-order valence-corrected chi connectivity index (χ2v) is 5.54. The van der Waals surface area contributed by atoms with Crippen molar-refractivity contribution in [2.24, 2.45) is 0 Å². The van der Waals surface area contributed by atoms with Crippen molar-refractivity contribution < 1.29 is 4.79 Å². The van der Waals surface area contributed by atoms with Crippen molar-refractivity contribution in [3.8, 4) is 0 Å². The monoisotopic (exact) mass is 301 g/mol. The summed E-state index contributed by atoms with van der Waals surface area (Å²) in [7, 11) is 0. The van der Waals surface area contributed by atoms with E-state index in [9.17, 15) is 4.79 Å². The summed E-state index contributed by atoms with van der Waals surface area (Å²) in [5.74, 6) is -0.0886. The van der Waals surface area contributed by atoms with E-state index in [1.165, 1.54) is 10.8 Å². The van der Waals surface area contributed by atoms with E-state index in [0.29, 0.717) is 0 Å². The van der Waals surface area contributed by atoms with Gasteiger partial charge in [0.15, 0.2) is 0 Å². The van der Waals surface area contributed by atoms with E-state index in [-0.39, 0.29) is 11.9 Å². The molecule has 0 saturated carbocycles. The van der Waals surface area contributed by atoms with Gasteiger partial charge in [-0.15, -0.1) is 0 Å². The van der Waals surface area contributed by atoms with Crippen molar-refractivity contribution in [3.05, 3.63) is 90.0 Å². The molecule has 0 unspecified atom stereocenters. The first-order valence-electron chi connectivity index (χ1n) is 7.75. The predicted molar refractivity (Wildman–Crippen MR) is 96.0 cm³/mol. The van der Waals surface area contributed by atoms with Crippen molar-refractivity contribution in [2.75, 3.05) is 0 Å². The zero-order valence-corrected chi connectivity index (χ0v) is 13.1. The van der Waals surface area contributed by atoms with Gasteiger partial charge in [0.2, 0.25) is 5.91 Å². The molecule has 0 fully saturated rings. The van der Waals surface area contributed by atoms with Gasteiger partial charge in [-0.25, -0.2) is 0 Å². The standard InChI is InChI=1S/C21H19NO/c1-16(19-13-7-11-18-10-5-6-12-20(18)19)22-21(23)15-14-17-8-3-2-4-9-17/h2-16H,1H3,(H,22,23)/b15-14+/t16-/m0/s1. The lowest BCUT2D eigenvalue weighted by Crippen LogP contribution is -2.24. The molecule has 0 aliphatic carbocycles. The minimum absolute atomic E-state index is 0.0472. The number of rotatable bonds is 4. The fourth-order valence-corrected chi connectivity index (χ4v) is 2.70. The van der Waals surface area contributed by atoms with Crippen LogP contribution < -0.4 is 5.32 Å². The molecule has 0 saturated heterocycles. The molecule has 0 aromatic heterocycles. The van der Waals surface area contributed by atoms with E-state index in [0.717, 1.165) is 11.1 Å². The fraction of sp³-hybridized carbons (Fsp3) is 0.0952. The van der Waals surface area contributed by atoms with Gasteiger partial charge in [-0.05, 0) is 34.9 Å². The van der Waals surface area contributed by atoms with E-state index < -0.39 is 0 Å². The maximum Gasteiger partial charge on any atom is 0.244 e. The van der Waals surface area contributed by atoms with Crippen LogP contribution in [0.1, 0.15) is 24.1 Å². The summed E-state index contributed by atoms with van der Waals surface area (Å²) in [6.07, 6.45) is 3.40. The van der Waals surface area contributed by atoms with Crippen molar-refractivity contribution in [1.82, 2.24) is 5.32 Å². The Morgan fingerprint density at radius 3 is 2.43 bits per heavy atom. The number of amides is 1. The number of fused-ring (bicyclic) bond motifs is 1. The molecular formula is C21H19NO. The summed E-state index contributed by atoms with van der Waals surface area (Å²) in [5, 5.41) is 5.39. The first-order chi connectivity index (χ1) is 11.2. The summed E-state index contributed by atoms with van der Waals surface area (Å²) in [5.41, 5.74) is 2.14. The average Bonchev–Trinajstić information content (AvgIpc) is 2.60. The van der Waals surface area contributed by atoms with Crippen LogP contribution in [0.4, 0.5) is 0 Å². The Balaban J connectivity index is 1.74. The van der Waals surface area contributed by atoms with Crippen LogP contribution in [-0.2, 0) is 4.79 Å². The molecule has 114 valence electrons. The molecule has 3 rings (SSSR count). The van der Waals surface area contributed by atoms with Gasteiger partial charge in [-0.1, -0.05) is 72.8 Å². The molecule has 3 aromatic rings. The third-order valence-corrected chi connectivity index (χ3v) is 3.88. The summed E-state index contributed by atoms with van der Waals surface area (Å²) in [4.78, 5) is 12.1. The molecule has 0 heterocycles. The van der Waals surface area contributed by atoms with Crippen molar-refractivity contribution in [3.63, 3.8) is 0 Å². The van der Waals surface area contributed by atoms with Crippen LogP contribution >= 0.6 is 0 Å². The molecular weight excluding hydrogens is 282 g/mol. The Kier molecular flexibility index (Phi) is 4.53. The van der Waals surface area contributed by atoms with Crippen LogP contribution in [0.3, 0.4) is 0 Å². The van der Waals surface area contributed by atoms with Gasteiger partial charge in [-0.2, -0.15) is 0 Å². The first kappa shape index (κ1) is 15.0. The third kappa shape index (κ3) is 3.67. The minimum Gasteiger partial charge on any atom is -0.346 e. The second-order valence-electron chi connectivity index (χ2n) is 5.54. The zero-order valence-electron chi connectivity index (χ0n) is 13.1. The van der Waals surface area contributed by atoms with Gasteiger partial charge in [0.05, 0.1) is 6.04 Å². The van der Waals surface area contributed by atoms with Crippen molar-refractivity contribution >= 4 is 22.8 Å². The highest BCUT2D eigenvalue weighted by atomic mass is 16.1. The van der Waals surface area contributed by atoms with Crippen LogP contribution in [0.25, 0.3) is 16.8 Å². The normalized spacial score (nSPS) is 12.4. The van der Waals surface area contributed by atoms with Crippen LogP contribution in [-0.4, -0.2) is 5.91 Å². The summed E-state index contributed by atoms with van der Waals surface area (Å²) in [6, 6.07) is 24.2. The van der Waals surface area contributed by atoms with Crippen LogP contribution in [0.2, 0.25) is 0 Å². The molecule has 1 N–H and O–H groups in total. The van der Waals surface area contributed by atoms with E-state index in [2.05, 4.69) is 29.6 Å². The molecule has 1 atom stereocenters. The van der Waals surface area contributed by atoms with Gasteiger partial charge < -0.3 is 5.32 Å². The summed E-state index contributed by atoms with van der Waals surface area (Å²) < 4.78 is 0. The topological polar surface area (TPSA) is 29.1 Å².